The molecule has 1 aliphatic heterocycles. The number of rotatable bonds is 9. The van der Waals surface area contributed by atoms with Crippen LogP contribution in [0.1, 0.15) is 20.8 Å². The van der Waals surface area contributed by atoms with E-state index in [1.54, 1.807) is 7.11 Å². The van der Waals surface area contributed by atoms with Gasteiger partial charge in [-0.1, -0.05) is 0 Å². The minimum Gasteiger partial charge on any atom is -0.383 e. The quantitative estimate of drug-likeness (QED) is 0.214. The summed E-state index contributed by atoms with van der Waals surface area (Å²) < 4.78 is 5.09. The Morgan fingerprint density at radius 2 is 1.88 bits per heavy atom. The van der Waals surface area contributed by atoms with Gasteiger partial charge in [0.2, 0.25) is 5.91 Å². The zero-order valence-corrected chi connectivity index (χ0v) is 20.0. The molecule has 154 valence electrons. The highest BCUT2D eigenvalue weighted by molar-refractivity contribution is 14.0. The molecule has 0 unspecified atom stereocenters. The van der Waals surface area contributed by atoms with E-state index >= 15 is 0 Å². The first kappa shape index (κ1) is 25.7. The molecule has 1 heterocycles. The van der Waals surface area contributed by atoms with Crippen LogP contribution in [0.15, 0.2) is 4.99 Å². The van der Waals surface area contributed by atoms with Crippen molar-refractivity contribution in [2.24, 2.45) is 4.99 Å². The Morgan fingerprint density at radius 1 is 1.23 bits per heavy atom. The molecule has 1 rings (SSSR count). The lowest BCUT2D eigenvalue weighted by atomic mass is 10.2. The molecule has 7 nitrogen and oxygen atoms in total. The Morgan fingerprint density at radius 3 is 2.42 bits per heavy atom. The number of hydrogen-bond acceptors (Lipinski definition) is 5. The van der Waals surface area contributed by atoms with Crippen LogP contribution >= 0.6 is 35.7 Å². The van der Waals surface area contributed by atoms with Crippen molar-refractivity contribution in [3.05, 3.63) is 0 Å². The number of nitrogens with zero attached hydrogens (tertiary/aromatic N) is 3. The van der Waals surface area contributed by atoms with Gasteiger partial charge in [0, 0.05) is 51.1 Å². The van der Waals surface area contributed by atoms with Gasteiger partial charge in [-0.05, 0) is 27.0 Å². The average molecular weight is 501 g/mol. The van der Waals surface area contributed by atoms with Gasteiger partial charge in [0.05, 0.1) is 19.7 Å². The first-order valence-corrected chi connectivity index (χ1v) is 10.2. The maximum atomic E-state index is 11.9. The number of methoxy groups -OCH3 is 1. The van der Waals surface area contributed by atoms with Crippen LogP contribution in [-0.4, -0.2) is 98.7 Å². The molecule has 1 fully saturated rings. The summed E-state index contributed by atoms with van der Waals surface area (Å²) in [7, 11) is 1.63. The van der Waals surface area contributed by atoms with E-state index in [0.29, 0.717) is 19.7 Å². The number of carbonyl (C=O) groups excluding carboxylic acids is 1. The van der Waals surface area contributed by atoms with Gasteiger partial charge in [-0.15, -0.1) is 24.0 Å². The van der Waals surface area contributed by atoms with Crippen molar-refractivity contribution >= 4 is 47.6 Å². The van der Waals surface area contributed by atoms with Gasteiger partial charge < -0.3 is 20.3 Å². The van der Waals surface area contributed by atoms with Crippen molar-refractivity contribution in [1.82, 2.24) is 20.4 Å². The van der Waals surface area contributed by atoms with E-state index in [2.05, 4.69) is 47.5 Å². The first-order valence-electron chi connectivity index (χ1n) is 8.98. The largest absolute Gasteiger partial charge is 0.383 e. The first-order chi connectivity index (χ1) is 11.9. The molecular formula is C17H36IN5O2S. The van der Waals surface area contributed by atoms with Gasteiger partial charge >= 0.3 is 0 Å². The predicted octanol–water partition coefficient (Wildman–Crippen LogP) is 1.09. The Bertz CT molecular complexity index is 429. The number of carbonyl (C=O) groups is 1. The second kappa shape index (κ2) is 13.8. The van der Waals surface area contributed by atoms with Gasteiger partial charge in [0.25, 0.3) is 0 Å². The lowest BCUT2D eigenvalue weighted by Crippen LogP contribution is -2.54. The highest BCUT2D eigenvalue weighted by Gasteiger charge is 2.22. The summed E-state index contributed by atoms with van der Waals surface area (Å²) in [5.74, 6) is 1.04. The second-order valence-electron chi connectivity index (χ2n) is 6.74. The van der Waals surface area contributed by atoms with E-state index in [4.69, 9.17) is 9.73 Å². The smallest absolute Gasteiger partial charge is 0.234 e. The van der Waals surface area contributed by atoms with Crippen LogP contribution in [0.3, 0.4) is 0 Å². The number of piperazine rings is 1. The van der Waals surface area contributed by atoms with E-state index in [1.165, 1.54) is 0 Å². The predicted molar refractivity (Wildman–Crippen MR) is 122 cm³/mol. The molecule has 1 saturated heterocycles. The number of thioether (sulfide) groups is 1. The molecule has 0 atom stereocenters. The van der Waals surface area contributed by atoms with E-state index in [-0.39, 0.29) is 34.6 Å². The third kappa shape index (κ3) is 10.2. The standard InChI is InChI=1S/C17H35N5O2S.HI/c1-6-18-16(20-14-17(2,3)25-5)22-10-8-21(9-11-22)13-15(23)19-7-12-24-4;/h6-14H2,1-5H3,(H,18,20)(H,19,23);1H. The van der Waals surface area contributed by atoms with Gasteiger partial charge in [-0.2, -0.15) is 11.8 Å². The number of halogens is 1. The molecule has 2 N–H and O–H groups in total. The number of hydrogen-bond donors (Lipinski definition) is 2. The van der Waals surface area contributed by atoms with Crippen molar-refractivity contribution < 1.29 is 9.53 Å². The van der Waals surface area contributed by atoms with E-state index in [9.17, 15) is 4.79 Å². The molecule has 0 spiro atoms. The Kier molecular flexibility index (Phi) is 13.7. The molecule has 0 saturated carbocycles. The van der Waals surface area contributed by atoms with Crippen LogP contribution in [0, 0.1) is 0 Å². The van der Waals surface area contributed by atoms with E-state index in [0.717, 1.165) is 45.2 Å². The number of aliphatic imine (C=N–C) groups is 1. The molecule has 0 aliphatic carbocycles. The lowest BCUT2D eigenvalue weighted by Gasteiger charge is -2.36. The van der Waals surface area contributed by atoms with Crippen molar-refractivity contribution in [2.45, 2.75) is 25.5 Å². The van der Waals surface area contributed by atoms with Gasteiger partial charge in [-0.25, -0.2) is 0 Å². The van der Waals surface area contributed by atoms with Crippen LogP contribution in [0.5, 0.6) is 0 Å². The number of ether oxygens (including phenoxy) is 1. The minimum atomic E-state index is 0. The van der Waals surface area contributed by atoms with Crippen LogP contribution in [-0.2, 0) is 9.53 Å². The molecule has 0 radical (unpaired) electrons. The fraction of sp³-hybridized carbons (Fsp3) is 0.882. The van der Waals surface area contributed by atoms with Gasteiger partial charge in [0.1, 0.15) is 0 Å². The van der Waals surface area contributed by atoms with Crippen LogP contribution < -0.4 is 10.6 Å². The summed E-state index contributed by atoms with van der Waals surface area (Å²) in [6.45, 7) is 13.2. The number of amides is 1. The van der Waals surface area contributed by atoms with E-state index < -0.39 is 0 Å². The number of nitrogens with one attached hydrogen (secondary N) is 2. The summed E-state index contributed by atoms with van der Waals surface area (Å²) in [5, 5.41) is 6.26. The molecule has 1 amide bonds. The highest BCUT2D eigenvalue weighted by Crippen LogP contribution is 2.21. The summed E-state index contributed by atoms with van der Waals surface area (Å²) in [6, 6.07) is 0. The number of guanidine groups is 1. The molecule has 0 aromatic rings. The molecule has 26 heavy (non-hydrogen) atoms. The Hall–Kier alpha value is -0.260. The van der Waals surface area contributed by atoms with Crippen molar-refractivity contribution in [1.29, 1.82) is 0 Å². The Balaban J connectivity index is 0.00000625. The van der Waals surface area contributed by atoms with Crippen molar-refractivity contribution in [3.63, 3.8) is 0 Å². The minimum absolute atomic E-state index is 0. The summed E-state index contributed by atoms with van der Waals surface area (Å²) >= 11 is 1.83. The molecule has 0 aromatic heterocycles. The normalized spacial score (nSPS) is 16.2. The maximum absolute atomic E-state index is 11.9. The summed E-state index contributed by atoms with van der Waals surface area (Å²) in [5.41, 5.74) is 0. The lowest BCUT2D eigenvalue weighted by molar-refractivity contribution is -0.122. The van der Waals surface area contributed by atoms with E-state index in [1.807, 2.05) is 11.8 Å². The van der Waals surface area contributed by atoms with Crippen molar-refractivity contribution in [2.75, 3.05) is 72.3 Å². The molecule has 9 heteroatoms. The van der Waals surface area contributed by atoms with Gasteiger partial charge in [0.15, 0.2) is 5.96 Å². The molecule has 0 aromatic carbocycles. The van der Waals surface area contributed by atoms with Crippen molar-refractivity contribution in [3.8, 4) is 0 Å². The van der Waals surface area contributed by atoms with Crippen LogP contribution in [0.25, 0.3) is 0 Å². The zero-order chi connectivity index (χ0) is 18.7. The fourth-order valence-corrected chi connectivity index (χ4v) is 2.62. The molecule has 1 aliphatic rings. The SMILES string of the molecule is CCNC(=NCC(C)(C)SC)N1CCN(CC(=O)NCCOC)CC1.I. The third-order valence-electron chi connectivity index (χ3n) is 4.16. The molecular weight excluding hydrogens is 465 g/mol. The average Bonchev–Trinajstić information content (AvgIpc) is 2.59. The van der Waals surface area contributed by atoms with Crippen LogP contribution in [0.2, 0.25) is 0 Å². The summed E-state index contributed by atoms with van der Waals surface area (Å²) in [4.78, 5) is 21.2. The monoisotopic (exact) mass is 501 g/mol. The second-order valence-corrected chi connectivity index (χ2v) is 8.25. The van der Waals surface area contributed by atoms with Crippen LogP contribution in [0.4, 0.5) is 0 Å². The summed E-state index contributed by atoms with van der Waals surface area (Å²) in [6.07, 6.45) is 2.12. The third-order valence-corrected chi connectivity index (χ3v) is 5.40. The topological polar surface area (TPSA) is 69.2 Å². The van der Waals surface area contributed by atoms with Gasteiger partial charge in [-0.3, -0.25) is 14.7 Å². The molecule has 0 bridgehead atoms. The highest BCUT2D eigenvalue weighted by atomic mass is 127. The zero-order valence-electron chi connectivity index (χ0n) is 16.8. The maximum Gasteiger partial charge on any atom is 0.234 e. The Labute approximate surface area is 180 Å². The fourth-order valence-electron chi connectivity index (χ4n) is 2.42.